The lowest BCUT2D eigenvalue weighted by atomic mass is 10.0. The Morgan fingerprint density at radius 3 is 2.52 bits per heavy atom. The average molecular weight is 310 g/mol. The maximum absolute atomic E-state index is 11.7. The third-order valence-corrected chi connectivity index (χ3v) is 3.94. The second-order valence-corrected chi connectivity index (χ2v) is 5.39. The third-order valence-electron chi connectivity index (χ3n) is 3.94. The lowest BCUT2D eigenvalue weighted by Crippen LogP contribution is -2.50. The van der Waals surface area contributed by atoms with Gasteiger partial charge >= 0.3 is 0 Å². The summed E-state index contributed by atoms with van der Waals surface area (Å²) in [6.07, 6.45) is 1.58. The molecule has 0 aliphatic carbocycles. The van der Waals surface area contributed by atoms with Crippen LogP contribution in [0.25, 0.3) is 0 Å². The molecule has 2 fully saturated rings. The molecule has 114 valence electrons. The van der Waals surface area contributed by atoms with Gasteiger partial charge in [-0.05, 0) is 24.1 Å². The fourth-order valence-corrected chi connectivity index (χ4v) is 2.52. The maximum atomic E-state index is 11.7. The van der Waals surface area contributed by atoms with E-state index < -0.39 is 0 Å². The van der Waals surface area contributed by atoms with E-state index in [9.17, 15) is 9.59 Å². The maximum Gasteiger partial charge on any atom is 0.227 e. The molecule has 2 saturated heterocycles. The minimum absolute atomic E-state index is 0. The van der Waals surface area contributed by atoms with E-state index in [1.807, 2.05) is 29.2 Å². The molecule has 3 rings (SSSR count). The number of hydrogen-bond acceptors (Lipinski definition) is 3. The van der Waals surface area contributed by atoms with Crippen LogP contribution >= 0.6 is 12.4 Å². The van der Waals surface area contributed by atoms with Crippen molar-refractivity contribution < 1.29 is 9.59 Å². The summed E-state index contributed by atoms with van der Waals surface area (Å²) in [7, 11) is 0. The first-order valence-electron chi connectivity index (χ1n) is 7.12. The van der Waals surface area contributed by atoms with Crippen molar-refractivity contribution in [3.63, 3.8) is 0 Å². The number of anilines is 1. The van der Waals surface area contributed by atoms with Crippen LogP contribution in [0.5, 0.6) is 0 Å². The minimum atomic E-state index is 0. The van der Waals surface area contributed by atoms with Crippen LogP contribution in [0.2, 0.25) is 0 Å². The first-order chi connectivity index (χ1) is 9.74. The molecule has 0 atom stereocenters. The number of carbonyl (C=O) groups is 2. The molecule has 0 radical (unpaired) electrons. The Morgan fingerprint density at radius 2 is 2.00 bits per heavy atom. The quantitative estimate of drug-likeness (QED) is 0.874. The SMILES string of the molecule is Cl.O=C(NCc1ccc(N2CCCC2=O)cc1)C1CNC1. The fraction of sp³-hybridized carbons (Fsp3) is 0.467. The highest BCUT2D eigenvalue weighted by Crippen LogP contribution is 2.21. The number of benzene rings is 1. The van der Waals surface area contributed by atoms with Crippen LogP contribution in [0.3, 0.4) is 0 Å². The molecule has 6 heteroatoms. The van der Waals surface area contributed by atoms with Gasteiger partial charge in [-0.2, -0.15) is 0 Å². The summed E-state index contributed by atoms with van der Waals surface area (Å²) in [6, 6.07) is 7.85. The van der Waals surface area contributed by atoms with E-state index in [1.54, 1.807) is 0 Å². The highest BCUT2D eigenvalue weighted by atomic mass is 35.5. The van der Waals surface area contributed by atoms with E-state index in [4.69, 9.17) is 0 Å². The van der Waals surface area contributed by atoms with Gasteiger partial charge in [-0.3, -0.25) is 9.59 Å². The lowest BCUT2D eigenvalue weighted by Gasteiger charge is -2.25. The van der Waals surface area contributed by atoms with Crippen LogP contribution in [-0.4, -0.2) is 31.4 Å². The topological polar surface area (TPSA) is 61.4 Å². The lowest BCUT2D eigenvalue weighted by molar-refractivity contribution is -0.126. The summed E-state index contributed by atoms with van der Waals surface area (Å²) in [6.45, 7) is 2.91. The standard InChI is InChI=1S/C15H19N3O2.ClH/c19-14-2-1-7-18(14)13-5-3-11(4-6-13)8-17-15(20)12-9-16-10-12;/h3-6,12,16H,1-2,7-10H2,(H,17,20);1H. The number of nitrogens with one attached hydrogen (secondary N) is 2. The van der Waals surface area contributed by atoms with Crippen LogP contribution < -0.4 is 15.5 Å². The summed E-state index contributed by atoms with van der Waals surface area (Å²) >= 11 is 0. The number of hydrogen-bond donors (Lipinski definition) is 2. The second-order valence-electron chi connectivity index (χ2n) is 5.39. The number of amides is 2. The molecule has 0 saturated carbocycles. The Labute approximate surface area is 130 Å². The van der Waals surface area contributed by atoms with Gasteiger partial charge in [0.05, 0.1) is 5.92 Å². The van der Waals surface area contributed by atoms with Crippen LogP contribution in [0.4, 0.5) is 5.69 Å². The average Bonchev–Trinajstić information content (AvgIpc) is 2.81. The second kappa shape index (κ2) is 6.91. The minimum Gasteiger partial charge on any atom is -0.352 e. The van der Waals surface area contributed by atoms with Crippen molar-refractivity contribution in [2.24, 2.45) is 5.92 Å². The highest BCUT2D eigenvalue weighted by molar-refractivity contribution is 5.95. The Kier molecular flexibility index (Phi) is 5.20. The summed E-state index contributed by atoms with van der Waals surface area (Å²) in [5.74, 6) is 0.433. The monoisotopic (exact) mass is 309 g/mol. The molecular weight excluding hydrogens is 290 g/mol. The Bertz CT molecular complexity index is 514. The van der Waals surface area contributed by atoms with Gasteiger partial charge in [-0.15, -0.1) is 12.4 Å². The molecule has 0 aromatic heterocycles. The van der Waals surface area contributed by atoms with Gasteiger partial charge < -0.3 is 15.5 Å². The van der Waals surface area contributed by atoms with Gasteiger partial charge in [0.1, 0.15) is 0 Å². The van der Waals surface area contributed by atoms with Crippen molar-refractivity contribution in [1.82, 2.24) is 10.6 Å². The number of nitrogens with zero attached hydrogens (tertiary/aromatic N) is 1. The van der Waals surface area contributed by atoms with Crippen molar-refractivity contribution in [2.45, 2.75) is 19.4 Å². The van der Waals surface area contributed by atoms with Crippen molar-refractivity contribution in [1.29, 1.82) is 0 Å². The van der Waals surface area contributed by atoms with E-state index in [1.165, 1.54) is 0 Å². The molecular formula is C15H20ClN3O2. The van der Waals surface area contributed by atoms with E-state index in [0.29, 0.717) is 13.0 Å². The Morgan fingerprint density at radius 1 is 1.29 bits per heavy atom. The van der Waals surface area contributed by atoms with Gasteiger partial charge in [0, 0.05) is 38.3 Å². The molecule has 1 aromatic carbocycles. The van der Waals surface area contributed by atoms with Crippen molar-refractivity contribution in [2.75, 3.05) is 24.5 Å². The molecule has 2 N–H and O–H groups in total. The van der Waals surface area contributed by atoms with E-state index in [-0.39, 0.29) is 30.1 Å². The molecule has 0 unspecified atom stereocenters. The van der Waals surface area contributed by atoms with E-state index >= 15 is 0 Å². The molecule has 2 aliphatic heterocycles. The first kappa shape index (κ1) is 15.8. The normalized spacial score (nSPS) is 18.1. The summed E-state index contributed by atoms with van der Waals surface area (Å²) in [5.41, 5.74) is 2.01. The molecule has 2 aliphatic rings. The fourth-order valence-electron chi connectivity index (χ4n) is 2.52. The van der Waals surface area contributed by atoms with Crippen LogP contribution in [0.1, 0.15) is 18.4 Å². The van der Waals surface area contributed by atoms with Gasteiger partial charge in [0.2, 0.25) is 11.8 Å². The van der Waals surface area contributed by atoms with Gasteiger partial charge in [0.25, 0.3) is 0 Å². The molecule has 21 heavy (non-hydrogen) atoms. The largest absolute Gasteiger partial charge is 0.352 e. The van der Waals surface area contributed by atoms with E-state index in [0.717, 1.165) is 37.3 Å². The molecule has 2 amide bonds. The Hall–Kier alpha value is -1.59. The third kappa shape index (κ3) is 3.54. The summed E-state index contributed by atoms with van der Waals surface area (Å²) < 4.78 is 0. The zero-order chi connectivity index (χ0) is 13.9. The molecule has 1 aromatic rings. The summed E-state index contributed by atoms with van der Waals surface area (Å²) in [4.78, 5) is 25.2. The van der Waals surface area contributed by atoms with Crippen molar-refractivity contribution in [3.8, 4) is 0 Å². The number of halogens is 1. The molecule has 2 heterocycles. The van der Waals surface area contributed by atoms with Crippen LogP contribution in [-0.2, 0) is 16.1 Å². The molecule has 5 nitrogen and oxygen atoms in total. The van der Waals surface area contributed by atoms with Gasteiger partial charge in [0.15, 0.2) is 0 Å². The number of rotatable bonds is 4. The van der Waals surface area contributed by atoms with Gasteiger partial charge in [-0.1, -0.05) is 12.1 Å². The van der Waals surface area contributed by atoms with Crippen molar-refractivity contribution in [3.05, 3.63) is 29.8 Å². The van der Waals surface area contributed by atoms with Crippen molar-refractivity contribution >= 4 is 29.9 Å². The smallest absolute Gasteiger partial charge is 0.227 e. The predicted molar refractivity (Wildman–Crippen MR) is 83.5 cm³/mol. The first-order valence-corrected chi connectivity index (χ1v) is 7.12. The summed E-state index contributed by atoms with van der Waals surface area (Å²) in [5, 5.41) is 6.02. The van der Waals surface area contributed by atoms with Gasteiger partial charge in [-0.25, -0.2) is 0 Å². The zero-order valence-electron chi connectivity index (χ0n) is 11.8. The van der Waals surface area contributed by atoms with E-state index in [2.05, 4.69) is 10.6 Å². The highest BCUT2D eigenvalue weighted by Gasteiger charge is 2.24. The zero-order valence-corrected chi connectivity index (χ0v) is 12.6. The molecule has 0 bridgehead atoms. The van der Waals surface area contributed by atoms with Crippen LogP contribution in [0, 0.1) is 5.92 Å². The molecule has 0 spiro atoms. The Balaban J connectivity index is 0.00000161. The number of carbonyl (C=O) groups excluding carboxylic acids is 2. The van der Waals surface area contributed by atoms with Crippen LogP contribution in [0.15, 0.2) is 24.3 Å². The predicted octanol–water partition coefficient (Wildman–Crippen LogP) is 1.07.